The van der Waals surface area contributed by atoms with Gasteiger partial charge in [-0.15, -0.1) is 0 Å². The van der Waals surface area contributed by atoms with Crippen molar-refractivity contribution in [1.82, 2.24) is 0 Å². The molecule has 0 saturated carbocycles. The average Bonchev–Trinajstić information content (AvgIpc) is 2.77. The predicted octanol–water partition coefficient (Wildman–Crippen LogP) is 3.38. The number of amides is 1. The lowest BCUT2D eigenvalue weighted by Gasteiger charge is -2.31. The molecule has 0 atom stereocenters. The minimum absolute atomic E-state index is 0.00611. The van der Waals surface area contributed by atoms with Crippen molar-refractivity contribution in [3.05, 3.63) is 53.6 Å². The lowest BCUT2D eigenvalue weighted by Crippen LogP contribution is -2.37. The number of morpholine rings is 1. The lowest BCUT2D eigenvalue weighted by atomic mass is 10.1. The first-order valence-corrected chi connectivity index (χ1v) is 9.57. The minimum Gasteiger partial charge on any atom is -0.452 e. The van der Waals surface area contributed by atoms with Gasteiger partial charge in [0.25, 0.3) is 5.91 Å². The zero-order valence-electron chi connectivity index (χ0n) is 16.8. The first kappa shape index (κ1) is 22.4. The van der Waals surface area contributed by atoms with Gasteiger partial charge in [-0.25, -0.2) is 4.79 Å². The molecule has 2 aromatic carbocycles. The molecule has 7 nitrogen and oxygen atoms in total. The lowest BCUT2D eigenvalue weighted by molar-refractivity contribution is -0.137. The molecule has 1 fully saturated rings. The van der Waals surface area contributed by atoms with E-state index in [1.54, 1.807) is 25.2 Å². The van der Waals surface area contributed by atoms with E-state index < -0.39 is 30.2 Å². The molecule has 0 aromatic heterocycles. The molecule has 2 aromatic rings. The second-order valence-corrected chi connectivity index (χ2v) is 6.75. The Morgan fingerprint density at radius 3 is 2.48 bits per heavy atom. The quantitative estimate of drug-likeness (QED) is 0.675. The highest BCUT2D eigenvalue weighted by atomic mass is 19.4. The van der Waals surface area contributed by atoms with Gasteiger partial charge >= 0.3 is 12.1 Å². The number of hydrogen-bond donors (Lipinski definition) is 2. The van der Waals surface area contributed by atoms with Gasteiger partial charge in [-0.3, -0.25) is 4.79 Å². The average molecular weight is 437 g/mol. The van der Waals surface area contributed by atoms with Crippen LogP contribution in [-0.2, 0) is 20.4 Å². The van der Waals surface area contributed by atoms with Crippen molar-refractivity contribution in [2.45, 2.75) is 6.18 Å². The van der Waals surface area contributed by atoms with Crippen LogP contribution in [0.1, 0.15) is 15.9 Å². The van der Waals surface area contributed by atoms with E-state index in [0.29, 0.717) is 37.7 Å². The van der Waals surface area contributed by atoms with Crippen molar-refractivity contribution >= 4 is 28.9 Å². The zero-order valence-corrected chi connectivity index (χ0v) is 16.8. The maximum Gasteiger partial charge on any atom is 0.416 e. The number of esters is 1. The number of benzene rings is 2. The number of alkyl halides is 3. The summed E-state index contributed by atoms with van der Waals surface area (Å²) in [6.07, 6.45) is -4.56. The third kappa shape index (κ3) is 5.66. The molecule has 0 aliphatic carbocycles. The highest BCUT2D eigenvalue weighted by Gasteiger charge is 2.32. The topological polar surface area (TPSA) is 79.9 Å². The summed E-state index contributed by atoms with van der Waals surface area (Å²) < 4.78 is 49.8. The number of nitrogens with zero attached hydrogens (tertiary/aromatic N) is 1. The Morgan fingerprint density at radius 2 is 1.81 bits per heavy atom. The molecule has 1 aliphatic rings. The smallest absolute Gasteiger partial charge is 0.416 e. The monoisotopic (exact) mass is 437 g/mol. The van der Waals surface area contributed by atoms with E-state index in [4.69, 9.17) is 9.47 Å². The molecule has 10 heteroatoms. The van der Waals surface area contributed by atoms with Crippen LogP contribution in [0.4, 0.5) is 30.2 Å². The van der Waals surface area contributed by atoms with E-state index in [1.807, 2.05) is 4.90 Å². The van der Waals surface area contributed by atoms with E-state index in [0.717, 1.165) is 12.1 Å². The summed E-state index contributed by atoms with van der Waals surface area (Å²) in [6.45, 7) is 1.16. The summed E-state index contributed by atoms with van der Waals surface area (Å²) >= 11 is 0. The Balaban J connectivity index is 1.73. The van der Waals surface area contributed by atoms with Crippen molar-refractivity contribution < 1.29 is 32.2 Å². The van der Waals surface area contributed by atoms with Crippen LogP contribution in [0.25, 0.3) is 0 Å². The molecular formula is C21H22F3N3O4. The van der Waals surface area contributed by atoms with Crippen LogP contribution in [-0.4, -0.2) is 51.8 Å². The van der Waals surface area contributed by atoms with E-state index in [9.17, 15) is 22.8 Å². The Labute approximate surface area is 177 Å². The van der Waals surface area contributed by atoms with Crippen molar-refractivity contribution in [3.8, 4) is 0 Å². The predicted molar refractivity (Wildman–Crippen MR) is 109 cm³/mol. The highest BCUT2D eigenvalue weighted by molar-refractivity contribution is 5.99. The van der Waals surface area contributed by atoms with Gasteiger partial charge in [-0.2, -0.15) is 13.2 Å². The van der Waals surface area contributed by atoms with E-state index >= 15 is 0 Å². The highest BCUT2D eigenvalue weighted by Crippen LogP contribution is 2.35. The van der Waals surface area contributed by atoms with Gasteiger partial charge in [-0.1, -0.05) is 12.1 Å². The minimum atomic E-state index is -4.56. The van der Waals surface area contributed by atoms with E-state index in [-0.39, 0.29) is 11.3 Å². The Hall–Kier alpha value is -3.27. The van der Waals surface area contributed by atoms with Crippen molar-refractivity contribution in [3.63, 3.8) is 0 Å². The van der Waals surface area contributed by atoms with Crippen LogP contribution < -0.4 is 15.5 Å². The van der Waals surface area contributed by atoms with Crippen LogP contribution in [0.5, 0.6) is 0 Å². The number of ether oxygens (including phenoxy) is 2. The summed E-state index contributed by atoms with van der Waals surface area (Å²) in [6, 6.07) is 9.75. The number of nitrogens with one attached hydrogen (secondary N) is 2. The number of carbonyl (C=O) groups excluding carboxylic acids is 2. The van der Waals surface area contributed by atoms with Gasteiger partial charge in [0, 0.05) is 25.8 Å². The SMILES string of the molecule is CNc1ccccc1C(=O)OCC(=O)Nc1cc(C(F)(F)F)ccc1N1CCOCC1. The largest absolute Gasteiger partial charge is 0.452 e. The first-order chi connectivity index (χ1) is 14.8. The zero-order chi connectivity index (χ0) is 22.4. The van der Waals surface area contributed by atoms with Crippen LogP contribution >= 0.6 is 0 Å². The fourth-order valence-electron chi connectivity index (χ4n) is 3.17. The third-order valence-electron chi connectivity index (χ3n) is 4.70. The summed E-state index contributed by atoms with van der Waals surface area (Å²) in [7, 11) is 1.64. The Kier molecular flexibility index (Phi) is 7.01. The number of anilines is 3. The third-order valence-corrected chi connectivity index (χ3v) is 4.70. The van der Waals surface area contributed by atoms with Crippen LogP contribution in [0, 0.1) is 0 Å². The maximum atomic E-state index is 13.2. The van der Waals surface area contributed by atoms with Gasteiger partial charge in [0.05, 0.1) is 35.7 Å². The molecular weight excluding hydrogens is 415 g/mol. The fourth-order valence-corrected chi connectivity index (χ4v) is 3.17. The van der Waals surface area contributed by atoms with E-state index in [1.165, 1.54) is 12.1 Å². The number of halogens is 3. The molecule has 0 spiro atoms. The van der Waals surface area contributed by atoms with Crippen molar-refractivity contribution in [1.29, 1.82) is 0 Å². The molecule has 1 aliphatic heterocycles. The normalized spacial score (nSPS) is 14.1. The van der Waals surface area contributed by atoms with Crippen molar-refractivity contribution in [2.75, 3.05) is 55.5 Å². The molecule has 0 bridgehead atoms. The molecule has 31 heavy (non-hydrogen) atoms. The molecule has 0 radical (unpaired) electrons. The number of hydrogen-bond acceptors (Lipinski definition) is 6. The Morgan fingerprint density at radius 1 is 1.10 bits per heavy atom. The Bertz CT molecular complexity index is 944. The fraction of sp³-hybridized carbons (Fsp3) is 0.333. The molecule has 1 saturated heterocycles. The molecule has 1 heterocycles. The molecule has 1 amide bonds. The molecule has 2 N–H and O–H groups in total. The number of rotatable bonds is 6. The van der Waals surface area contributed by atoms with Gasteiger partial charge in [0.15, 0.2) is 6.61 Å². The molecule has 0 unspecified atom stereocenters. The van der Waals surface area contributed by atoms with Gasteiger partial charge < -0.3 is 25.0 Å². The van der Waals surface area contributed by atoms with Crippen LogP contribution in [0.15, 0.2) is 42.5 Å². The number of carbonyl (C=O) groups is 2. The maximum absolute atomic E-state index is 13.2. The van der Waals surface area contributed by atoms with E-state index in [2.05, 4.69) is 10.6 Å². The van der Waals surface area contributed by atoms with Gasteiger partial charge in [0.2, 0.25) is 0 Å². The molecule has 3 rings (SSSR count). The molecule has 166 valence electrons. The summed E-state index contributed by atoms with van der Waals surface area (Å²) in [5.74, 6) is -1.47. The standard InChI is InChI=1S/C21H22F3N3O4/c1-25-16-5-3-2-4-15(16)20(29)31-13-19(28)26-17-12-14(21(22,23)24)6-7-18(17)27-8-10-30-11-9-27/h2-7,12,25H,8-11,13H2,1H3,(H,26,28). The van der Waals surface area contributed by atoms with Crippen LogP contribution in [0.2, 0.25) is 0 Å². The summed E-state index contributed by atoms with van der Waals surface area (Å²) in [5.41, 5.74) is 0.316. The second-order valence-electron chi connectivity index (χ2n) is 6.75. The second kappa shape index (κ2) is 9.69. The van der Waals surface area contributed by atoms with Gasteiger partial charge in [0.1, 0.15) is 0 Å². The van der Waals surface area contributed by atoms with Gasteiger partial charge in [-0.05, 0) is 30.3 Å². The van der Waals surface area contributed by atoms with Crippen LogP contribution in [0.3, 0.4) is 0 Å². The van der Waals surface area contributed by atoms with Crippen molar-refractivity contribution in [2.24, 2.45) is 0 Å². The summed E-state index contributed by atoms with van der Waals surface area (Å²) in [5, 5.41) is 5.29. The first-order valence-electron chi connectivity index (χ1n) is 9.57. The number of para-hydroxylation sites is 1. The summed E-state index contributed by atoms with van der Waals surface area (Å²) in [4.78, 5) is 26.5.